The van der Waals surface area contributed by atoms with E-state index in [1.165, 1.54) is 5.56 Å². The van der Waals surface area contributed by atoms with E-state index < -0.39 is 17.4 Å². The van der Waals surface area contributed by atoms with Crippen LogP contribution in [0, 0.1) is 5.41 Å². The van der Waals surface area contributed by atoms with Gasteiger partial charge in [0.1, 0.15) is 6.04 Å². The van der Waals surface area contributed by atoms with Crippen molar-refractivity contribution in [3.63, 3.8) is 0 Å². The number of aryl methyl sites for hydroxylation is 1. The third-order valence-electron chi connectivity index (χ3n) is 3.42. The molecule has 0 aliphatic rings. The van der Waals surface area contributed by atoms with Crippen LogP contribution in [0.1, 0.15) is 56.5 Å². The number of carbonyl (C=O) groups is 2. The van der Waals surface area contributed by atoms with Crippen LogP contribution in [-0.4, -0.2) is 23.0 Å². The molecule has 0 fully saturated rings. The van der Waals surface area contributed by atoms with E-state index in [2.05, 4.69) is 12.2 Å². The number of hydrogen-bond donors (Lipinski definition) is 2. The SMILES string of the molecule is CCCCc1ccc(C(=O)N[C@@H](C(=O)O)C(C)(C)C)cc1. The van der Waals surface area contributed by atoms with Gasteiger partial charge >= 0.3 is 5.97 Å². The predicted molar refractivity (Wildman–Crippen MR) is 83.4 cm³/mol. The largest absolute Gasteiger partial charge is 0.480 e. The molecule has 0 aliphatic carbocycles. The smallest absolute Gasteiger partial charge is 0.326 e. The van der Waals surface area contributed by atoms with Crippen molar-refractivity contribution in [2.24, 2.45) is 5.41 Å². The Balaban J connectivity index is 2.77. The van der Waals surface area contributed by atoms with E-state index >= 15 is 0 Å². The van der Waals surface area contributed by atoms with Crippen LogP contribution < -0.4 is 5.32 Å². The molecule has 0 aliphatic heterocycles. The minimum Gasteiger partial charge on any atom is -0.480 e. The van der Waals surface area contributed by atoms with Gasteiger partial charge in [0.2, 0.25) is 0 Å². The molecule has 0 saturated heterocycles. The van der Waals surface area contributed by atoms with Crippen molar-refractivity contribution in [1.82, 2.24) is 5.32 Å². The number of aliphatic carboxylic acids is 1. The standard InChI is InChI=1S/C17H25NO3/c1-5-6-7-12-8-10-13(11-9-12)15(19)18-14(16(20)21)17(2,3)4/h8-11,14H,5-7H2,1-4H3,(H,18,19)(H,20,21)/t14-/m0/s1. The zero-order chi connectivity index (χ0) is 16.0. The van der Waals surface area contributed by atoms with E-state index in [9.17, 15) is 14.7 Å². The molecule has 0 aromatic heterocycles. The second-order valence-electron chi connectivity index (χ2n) is 6.41. The molecule has 0 spiro atoms. The summed E-state index contributed by atoms with van der Waals surface area (Å²) in [7, 11) is 0. The molecule has 1 amide bonds. The first-order chi connectivity index (χ1) is 9.75. The Morgan fingerprint density at radius 1 is 1.19 bits per heavy atom. The number of carboxylic acid groups (broad SMARTS) is 1. The van der Waals surface area contributed by atoms with Crippen LogP contribution in [0.4, 0.5) is 0 Å². The number of amides is 1. The quantitative estimate of drug-likeness (QED) is 0.845. The lowest BCUT2D eigenvalue weighted by Gasteiger charge is -2.27. The first-order valence-electron chi connectivity index (χ1n) is 7.38. The van der Waals surface area contributed by atoms with Crippen LogP contribution in [0.25, 0.3) is 0 Å². The highest BCUT2D eigenvalue weighted by Gasteiger charge is 2.32. The Hall–Kier alpha value is -1.84. The average Bonchev–Trinajstić information content (AvgIpc) is 2.41. The fraction of sp³-hybridized carbons (Fsp3) is 0.529. The van der Waals surface area contributed by atoms with E-state index in [-0.39, 0.29) is 5.91 Å². The molecular weight excluding hydrogens is 266 g/mol. The minimum atomic E-state index is -1.02. The summed E-state index contributed by atoms with van der Waals surface area (Å²) in [6.45, 7) is 7.51. The highest BCUT2D eigenvalue weighted by atomic mass is 16.4. The summed E-state index contributed by atoms with van der Waals surface area (Å²) in [5.74, 6) is -1.37. The maximum absolute atomic E-state index is 12.2. The molecule has 0 unspecified atom stereocenters. The molecule has 116 valence electrons. The van der Waals surface area contributed by atoms with E-state index in [1.807, 2.05) is 12.1 Å². The highest BCUT2D eigenvalue weighted by molar-refractivity contribution is 5.96. The van der Waals surface area contributed by atoms with E-state index in [1.54, 1.807) is 32.9 Å². The van der Waals surface area contributed by atoms with Crippen LogP contribution >= 0.6 is 0 Å². The van der Waals surface area contributed by atoms with Crippen LogP contribution in [0.5, 0.6) is 0 Å². The molecule has 21 heavy (non-hydrogen) atoms. The van der Waals surface area contributed by atoms with Gasteiger partial charge in [-0.2, -0.15) is 0 Å². The zero-order valence-electron chi connectivity index (χ0n) is 13.3. The van der Waals surface area contributed by atoms with E-state index in [0.29, 0.717) is 5.56 Å². The van der Waals surface area contributed by atoms with Gasteiger partial charge in [0, 0.05) is 5.56 Å². The maximum Gasteiger partial charge on any atom is 0.326 e. The molecule has 1 aromatic rings. The van der Waals surface area contributed by atoms with E-state index in [0.717, 1.165) is 19.3 Å². The summed E-state index contributed by atoms with van der Waals surface area (Å²) in [4.78, 5) is 23.4. The normalized spacial score (nSPS) is 12.8. The van der Waals surface area contributed by atoms with Crippen molar-refractivity contribution in [2.45, 2.75) is 53.0 Å². The van der Waals surface area contributed by atoms with Gasteiger partial charge in [0.15, 0.2) is 0 Å². The van der Waals surface area contributed by atoms with Crippen molar-refractivity contribution in [1.29, 1.82) is 0 Å². The van der Waals surface area contributed by atoms with Gasteiger partial charge in [-0.15, -0.1) is 0 Å². The van der Waals surface area contributed by atoms with Crippen LogP contribution in [0.15, 0.2) is 24.3 Å². The maximum atomic E-state index is 12.2. The summed E-state index contributed by atoms with van der Waals surface area (Å²) in [5.41, 5.74) is 1.15. The van der Waals surface area contributed by atoms with Crippen molar-refractivity contribution in [3.8, 4) is 0 Å². The fourth-order valence-corrected chi connectivity index (χ4v) is 2.07. The lowest BCUT2D eigenvalue weighted by Crippen LogP contribution is -2.49. The molecule has 4 nitrogen and oxygen atoms in total. The molecule has 2 N–H and O–H groups in total. The molecule has 0 heterocycles. The van der Waals surface area contributed by atoms with Crippen molar-refractivity contribution in [3.05, 3.63) is 35.4 Å². The van der Waals surface area contributed by atoms with Gasteiger partial charge in [0.05, 0.1) is 0 Å². The summed E-state index contributed by atoms with van der Waals surface area (Å²) in [6, 6.07) is 6.45. The number of unbranched alkanes of at least 4 members (excludes halogenated alkanes) is 1. The van der Waals surface area contributed by atoms with Gasteiger partial charge < -0.3 is 10.4 Å². The summed E-state index contributed by atoms with van der Waals surface area (Å²) >= 11 is 0. The molecule has 4 heteroatoms. The van der Waals surface area contributed by atoms with Crippen molar-refractivity contribution < 1.29 is 14.7 Å². The molecule has 1 aromatic carbocycles. The summed E-state index contributed by atoms with van der Waals surface area (Å²) in [6.07, 6.45) is 3.25. The molecule has 1 rings (SSSR count). The summed E-state index contributed by atoms with van der Waals surface area (Å²) in [5, 5.41) is 11.8. The second kappa shape index (κ2) is 7.25. The summed E-state index contributed by atoms with van der Waals surface area (Å²) < 4.78 is 0. The monoisotopic (exact) mass is 291 g/mol. The lowest BCUT2D eigenvalue weighted by atomic mass is 9.86. The first-order valence-corrected chi connectivity index (χ1v) is 7.38. The Labute approximate surface area is 126 Å². The Kier molecular flexibility index (Phi) is 5.94. The number of carbonyl (C=O) groups excluding carboxylic acids is 1. The number of nitrogens with one attached hydrogen (secondary N) is 1. The zero-order valence-corrected chi connectivity index (χ0v) is 13.3. The van der Waals surface area contributed by atoms with E-state index in [4.69, 9.17) is 0 Å². The van der Waals surface area contributed by atoms with Crippen LogP contribution in [0.3, 0.4) is 0 Å². The van der Waals surface area contributed by atoms with Crippen molar-refractivity contribution in [2.75, 3.05) is 0 Å². The average molecular weight is 291 g/mol. The van der Waals surface area contributed by atoms with Gasteiger partial charge in [0.25, 0.3) is 5.91 Å². The number of carboxylic acids is 1. The number of hydrogen-bond acceptors (Lipinski definition) is 2. The van der Waals surface area contributed by atoms with Crippen LogP contribution in [0.2, 0.25) is 0 Å². The van der Waals surface area contributed by atoms with Gasteiger partial charge in [-0.3, -0.25) is 4.79 Å². The Bertz CT molecular complexity index is 486. The highest BCUT2D eigenvalue weighted by Crippen LogP contribution is 2.20. The molecule has 1 atom stereocenters. The second-order valence-corrected chi connectivity index (χ2v) is 6.41. The topological polar surface area (TPSA) is 66.4 Å². The number of benzene rings is 1. The predicted octanol–water partition coefficient (Wildman–Crippen LogP) is 3.26. The van der Waals surface area contributed by atoms with Crippen LogP contribution in [-0.2, 0) is 11.2 Å². The van der Waals surface area contributed by atoms with Gasteiger partial charge in [-0.05, 0) is 36.0 Å². The number of rotatable bonds is 6. The lowest BCUT2D eigenvalue weighted by molar-refractivity contribution is -0.142. The molecule has 0 bridgehead atoms. The molecule has 0 radical (unpaired) electrons. The van der Waals surface area contributed by atoms with Gasteiger partial charge in [-0.1, -0.05) is 46.2 Å². The molecule has 0 saturated carbocycles. The minimum absolute atomic E-state index is 0.348. The Morgan fingerprint density at radius 2 is 1.76 bits per heavy atom. The Morgan fingerprint density at radius 3 is 2.19 bits per heavy atom. The fourth-order valence-electron chi connectivity index (χ4n) is 2.07. The third kappa shape index (κ3) is 5.21. The first kappa shape index (κ1) is 17.2. The third-order valence-corrected chi connectivity index (χ3v) is 3.42. The molecular formula is C17H25NO3. The van der Waals surface area contributed by atoms with Gasteiger partial charge in [-0.25, -0.2) is 4.79 Å². The van der Waals surface area contributed by atoms with Crippen molar-refractivity contribution >= 4 is 11.9 Å².